The highest BCUT2D eigenvalue weighted by Gasteiger charge is 2.01. The number of rotatable bonds is 8. The predicted octanol–water partition coefficient (Wildman–Crippen LogP) is 2.77. The summed E-state index contributed by atoms with van der Waals surface area (Å²) in [7, 11) is 0. The van der Waals surface area contributed by atoms with E-state index in [2.05, 4.69) is 4.98 Å². The zero-order valence-electron chi connectivity index (χ0n) is 9.99. The van der Waals surface area contributed by atoms with Gasteiger partial charge in [0.05, 0.1) is 17.8 Å². The van der Waals surface area contributed by atoms with E-state index >= 15 is 0 Å². The van der Waals surface area contributed by atoms with Crippen LogP contribution in [0.4, 0.5) is 0 Å². The summed E-state index contributed by atoms with van der Waals surface area (Å²) in [6, 6.07) is 0. The number of carbonyl (C=O) groups excluding carboxylic acids is 1. The number of nitrogens with zero attached hydrogens (tertiary/aromatic N) is 1. The number of carbonyl (C=O) groups is 1. The molecule has 1 heterocycles. The van der Waals surface area contributed by atoms with Crippen LogP contribution in [0.3, 0.4) is 0 Å². The smallest absolute Gasteiger partial charge is 0.132 e. The number of hydrogen-bond donors (Lipinski definition) is 0. The second-order valence-corrected chi connectivity index (χ2v) is 4.66. The van der Waals surface area contributed by atoms with E-state index in [9.17, 15) is 4.79 Å². The molecule has 4 heteroatoms. The number of aryl methyl sites for hydroxylation is 1. The first-order chi connectivity index (χ1) is 7.74. The van der Waals surface area contributed by atoms with Crippen LogP contribution in [0.1, 0.15) is 36.8 Å². The topological polar surface area (TPSA) is 39.2 Å². The lowest BCUT2D eigenvalue weighted by atomic mass is 10.2. The lowest BCUT2D eigenvalue weighted by molar-refractivity contribution is -0.119. The molecule has 0 saturated heterocycles. The molecule has 0 spiro atoms. The molecule has 0 aliphatic carbocycles. The van der Waals surface area contributed by atoms with Crippen molar-refractivity contribution in [3.8, 4) is 0 Å². The summed E-state index contributed by atoms with van der Waals surface area (Å²) in [5.41, 5.74) is 2.97. The first kappa shape index (κ1) is 13.3. The third-order valence-corrected chi connectivity index (χ3v) is 3.45. The monoisotopic (exact) mass is 241 g/mol. The van der Waals surface area contributed by atoms with E-state index in [-0.39, 0.29) is 0 Å². The number of Topliss-reactive ketones (excluding diaryl/α,β-unsaturated/α-hetero) is 1. The van der Waals surface area contributed by atoms with E-state index in [1.807, 2.05) is 19.4 Å². The third-order valence-electron chi connectivity index (χ3n) is 2.46. The van der Waals surface area contributed by atoms with E-state index in [1.165, 1.54) is 4.88 Å². The second kappa shape index (κ2) is 7.52. The number of ether oxygens (including phenoxy) is 1. The van der Waals surface area contributed by atoms with Crippen molar-refractivity contribution in [1.29, 1.82) is 0 Å². The van der Waals surface area contributed by atoms with Crippen molar-refractivity contribution in [1.82, 2.24) is 4.98 Å². The van der Waals surface area contributed by atoms with Gasteiger partial charge in [0.25, 0.3) is 0 Å². The molecule has 16 heavy (non-hydrogen) atoms. The van der Waals surface area contributed by atoms with Crippen LogP contribution < -0.4 is 0 Å². The van der Waals surface area contributed by atoms with Crippen molar-refractivity contribution in [2.45, 2.75) is 39.5 Å². The Bertz CT molecular complexity index is 323. The first-order valence-corrected chi connectivity index (χ1v) is 6.60. The van der Waals surface area contributed by atoms with Gasteiger partial charge in [-0.1, -0.05) is 6.92 Å². The van der Waals surface area contributed by atoms with Gasteiger partial charge in [-0.05, 0) is 13.3 Å². The summed E-state index contributed by atoms with van der Waals surface area (Å²) in [4.78, 5) is 16.5. The lowest BCUT2D eigenvalue weighted by Crippen LogP contribution is -2.03. The van der Waals surface area contributed by atoms with Gasteiger partial charge >= 0.3 is 0 Å². The average Bonchev–Trinajstić information content (AvgIpc) is 2.69. The Morgan fingerprint density at radius 3 is 2.94 bits per heavy atom. The Morgan fingerprint density at radius 2 is 2.31 bits per heavy atom. The van der Waals surface area contributed by atoms with Gasteiger partial charge in [-0.2, -0.15) is 0 Å². The maximum absolute atomic E-state index is 11.0. The van der Waals surface area contributed by atoms with Gasteiger partial charge in [0, 0.05) is 30.7 Å². The highest BCUT2D eigenvalue weighted by atomic mass is 32.1. The molecule has 1 rings (SSSR count). The SMILES string of the molecule is CCC(=O)CCCOCCc1scnc1C. The van der Waals surface area contributed by atoms with E-state index in [1.54, 1.807) is 11.3 Å². The molecule has 0 atom stereocenters. The van der Waals surface area contributed by atoms with Gasteiger partial charge in [-0.15, -0.1) is 11.3 Å². The fraction of sp³-hybridized carbons (Fsp3) is 0.667. The molecule has 1 aromatic heterocycles. The number of aromatic nitrogens is 1. The van der Waals surface area contributed by atoms with Crippen molar-refractivity contribution < 1.29 is 9.53 Å². The van der Waals surface area contributed by atoms with Gasteiger partial charge in [-0.25, -0.2) is 4.98 Å². The number of hydrogen-bond acceptors (Lipinski definition) is 4. The molecule has 0 bridgehead atoms. The van der Waals surface area contributed by atoms with E-state index < -0.39 is 0 Å². The van der Waals surface area contributed by atoms with Crippen molar-refractivity contribution in [3.05, 3.63) is 16.1 Å². The molecular weight excluding hydrogens is 222 g/mol. The molecule has 0 amide bonds. The number of thiazole rings is 1. The van der Waals surface area contributed by atoms with Crippen molar-refractivity contribution in [2.75, 3.05) is 13.2 Å². The van der Waals surface area contributed by atoms with Gasteiger partial charge in [0.2, 0.25) is 0 Å². The summed E-state index contributed by atoms with van der Waals surface area (Å²) in [5, 5.41) is 0. The van der Waals surface area contributed by atoms with Crippen molar-refractivity contribution in [3.63, 3.8) is 0 Å². The molecular formula is C12H19NO2S. The highest BCUT2D eigenvalue weighted by Crippen LogP contribution is 2.12. The van der Waals surface area contributed by atoms with Crippen LogP contribution in [0.25, 0.3) is 0 Å². The van der Waals surface area contributed by atoms with Crippen LogP contribution in [0.5, 0.6) is 0 Å². The quantitative estimate of drug-likeness (QED) is 0.657. The van der Waals surface area contributed by atoms with Crippen molar-refractivity contribution >= 4 is 17.1 Å². The fourth-order valence-electron chi connectivity index (χ4n) is 1.38. The van der Waals surface area contributed by atoms with E-state index in [0.29, 0.717) is 25.2 Å². The highest BCUT2D eigenvalue weighted by molar-refractivity contribution is 7.09. The first-order valence-electron chi connectivity index (χ1n) is 5.72. The standard InChI is InChI=1S/C12H19NO2S/c1-3-11(14)5-4-7-15-8-6-12-10(2)13-9-16-12/h9H,3-8H2,1-2H3. The van der Waals surface area contributed by atoms with Crippen LogP contribution in [-0.2, 0) is 16.0 Å². The number of ketones is 1. The summed E-state index contributed by atoms with van der Waals surface area (Å²) >= 11 is 1.68. The maximum Gasteiger partial charge on any atom is 0.132 e. The summed E-state index contributed by atoms with van der Waals surface area (Å²) < 4.78 is 5.48. The fourth-order valence-corrected chi connectivity index (χ4v) is 2.14. The van der Waals surface area contributed by atoms with Crippen LogP contribution in [0, 0.1) is 6.92 Å². The molecule has 0 aliphatic rings. The average molecular weight is 241 g/mol. The minimum absolute atomic E-state index is 0.321. The predicted molar refractivity (Wildman–Crippen MR) is 65.9 cm³/mol. The molecule has 0 unspecified atom stereocenters. The second-order valence-electron chi connectivity index (χ2n) is 3.72. The Kier molecular flexibility index (Phi) is 6.26. The zero-order chi connectivity index (χ0) is 11.8. The molecule has 3 nitrogen and oxygen atoms in total. The van der Waals surface area contributed by atoms with Crippen molar-refractivity contribution in [2.24, 2.45) is 0 Å². The van der Waals surface area contributed by atoms with Crippen LogP contribution in [0.2, 0.25) is 0 Å². The largest absolute Gasteiger partial charge is 0.381 e. The molecule has 0 aromatic carbocycles. The van der Waals surface area contributed by atoms with Gasteiger partial charge in [-0.3, -0.25) is 4.79 Å². The normalized spacial score (nSPS) is 10.6. The van der Waals surface area contributed by atoms with E-state index in [4.69, 9.17) is 4.74 Å². The van der Waals surface area contributed by atoms with Gasteiger partial charge in [0.15, 0.2) is 0 Å². The zero-order valence-corrected chi connectivity index (χ0v) is 10.8. The Balaban J connectivity index is 2.00. The summed E-state index contributed by atoms with van der Waals surface area (Å²) in [5.74, 6) is 0.321. The summed E-state index contributed by atoms with van der Waals surface area (Å²) in [6.45, 7) is 5.33. The van der Waals surface area contributed by atoms with Crippen LogP contribution in [0.15, 0.2) is 5.51 Å². The Morgan fingerprint density at radius 1 is 1.50 bits per heavy atom. The maximum atomic E-state index is 11.0. The minimum Gasteiger partial charge on any atom is -0.381 e. The summed E-state index contributed by atoms with van der Waals surface area (Å²) in [6.07, 6.45) is 3.06. The van der Waals surface area contributed by atoms with E-state index in [0.717, 1.165) is 25.1 Å². The molecule has 0 aliphatic heterocycles. The van der Waals surface area contributed by atoms with Crippen LogP contribution >= 0.6 is 11.3 Å². The molecule has 0 N–H and O–H groups in total. The molecule has 0 saturated carbocycles. The molecule has 0 fully saturated rings. The third kappa shape index (κ3) is 4.86. The molecule has 1 aromatic rings. The van der Waals surface area contributed by atoms with Gasteiger partial charge in [0.1, 0.15) is 5.78 Å². The Hall–Kier alpha value is -0.740. The minimum atomic E-state index is 0.321. The lowest BCUT2D eigenvalue weighted by Gasteiger charge is -2.02. The molecule has 90 valence electrons. The molecule has 0 radical (unpaired) electrons. The van der Waals surface area contributed by atoms with Crippen LogP contribution in [-0.4, -0.2) is 24.0 Å². The van der Waals surface area contributed by atoms with Gasteiger partial charge < -0.3 is 4.74 Å². The Labute approximate surface area is 101 Å².